The lowest BCUT2D eigenvalue weighted by Crippen LogP contribution is -2.15. The van der Waals surface area contributed by atoms with Crippen molar-refractivity contribution in [1.29, 1.82) is 0 Å². The predicted molar refractivity (Wildman–Crippen MR) is 52.0 cm³/mol. The van der Waals surface area contributed by atoms with Gasteiger partial charge in [-0.2, -0.15) is 0 Å². The van der Waals surface area contributed by atoms with E-state index in [1.807, 2.05) is 13.8 Å². The summed E-state index contributed by atoms with van der Waals surface area (Å²) in [6, 6.07) is 0. The maximum atomic E-state index is 11.1. The summed E-state index contributed by atoms with van der Waals surface area (Å²) in [5.41, 5.74) is 0. The van der Waals surface area contributed by atoms with Crippen LogP contribution in [0, 0.1) is 0 Å². The van der Waals surface area contributed by atoms with E-state index in [0.29, 0.717) is 6.61 Å². The van der Waals surface area contributed by atoms with Crippen molar-refractivity contribution < 1.29 is 19.1 Å². The van der Waals surface area contributed by atoms with Gasteiger partial charge in [-0.05, 0) is 20.8 Å². The molecule has 14 heavy (non-hydrogen) atoms. The number of rotatable bonds is 7. The molecule has 4 heteroatoms. The molecule has 0 aromatic heterocycles. The number of carbonyl (C=O) groups is 2. The highest BCUT2D eigenvalue weighted by molar-refractivity contribution is 5.83. The van der Waals surface area contributed by atoms with Gasteiger partial charge in [-0.1, -0.05) is 0 Å². The average molecular weight is 202 g/mol. The van der Waals surface area contributed by atoms with E-state index in [4.69, 9.17) is 4.74 Å². The summed E-state index contributed by atoms with van der Waals surface area (Å²) in [6.07, 6.45) is 0.390. The number of carbonyl (C=O) groups excluding carboxylic acids is 2. The van der Waals surface area contributed by atoms with Crippen molar-refractivity contribution >= 4 is 11.8 Å². The van der Waals surface area contributed by atoms with Crippen molar-refractivity contribution in [3.63, 3.8) is 0 Å². The minimum atomic E-state index is -0.328. The van der Waals surface area contributed by atoms with E-state index in [0.717, 1.165) is 0 Å². The van der Waals surface area contributed by atoms with Gasteiger partial charge in [0.2, 0.25) is 0 Å². The molecule has 0 N–H and O–H groups in total. The number of hydrogen-bond donors (Lipinski definition) is 0. The third kappa shape index (κ3) is 7.73. The number of ketones is 1. The molecule has 0 fully saturated rings. The van der Waals surface area contributed by atoms with Gasteiger partial charge in [-0.25, -0.2) is 0 Å². The lowest BCUT2D eigenvalue weighted by Gasteiger charge is -2.06. The van der Waals surface area contributed by atoms with Gasteiger partial charge < -0.3 is 9.47 Å². The zero-order chi connectivity index (χ0) is 11.0. The van der Waals surface area contributed by atoms with Crippen LogP contribution in [-0.2, 0) is 19.1 Å². The summed E-state index contributed by atoms with van der Waals surface area (Å²) in [7, 11) is 0. The van der Waals surface area contributed by atoms with Crippen molar-refractivity contribution in [3.8, 4) is 0 Å². The molecule has 0 bridgehead atoms. The molecule has 0 saturated carbocycles. The van der Waals surface area contributed by atoms with Crippen molar-refractivity contribution in [3.05, 3.63) is 0 Å². The van der Waals surface area contributed by atoms with E-state index in [1.54, 1.807) is 6.92 Å². The Morgan fingerprint density at radius 2 is 1.86 bits per heavy atom. The lowest BCUT2D eigenvalue weighted by atomic mass is 10.2. The Balaban J connectivity index is 3.48. The van der Waals surface area contributed by atoms with Gasteiger partial charge in [0.25, 0.3) is 0 Å². The Kier molecular flexibility index (Phi) is 7.02. The Bertz CT molecular complexity index is 187. The quantitative estimate of drug-likeness (QED) is 0.584. The van der Waals surface area contributed by atoms with Gasteiger partial charge in [0.1, 0.15) is 6.61 Å². The molecule has 0 unspecified atom stereocenters. The smallest absolute Gasteiger partial charge is 0.306 e. The molecule has 0 atom stereocenters. The van der Waals surface area contributed by atoms with Crippen LogP contribution >= 0.6 is 0 Å². The van der Waals surface area contributed by atoms with Crippen LogP contribution < -0.4 is 0 Å². The summed E-state index contributed by atoms with van der Waals surface area (Å²) in [5.74, 6) is -0.392. The first-order chi connectivity index (χ1) is 6.56. The lowest BCUT2D eigenvalue weighted by molar-refractivity contribution is -0.144. The number of ether oxygens (including phenoxy) is 2. The van der Waals surface area contributed by atoms with Crippen LogP contribution in [0.2, 0.25) is 0 Å². The summed E-state index contributed by atoms with van der Waals surface area (Å²) in [6.45, 7) is 5.89. The van der Waals surface area contributed by atoms with E-state index < -0.39 is 0 Å². The zero-order valence-corrected chi connectivity index (χ0v) is 9.04. The predicted octanol–water partition coefficient (Wildman–Crippen LogP) is 1.32. The highest BCUT2D eigenvalue weighted by atomic mass is 16.5. The molecule has 0 aliphatic heterocycles. The van der Waals surface area contributed by atoms with Crippen LogP contribution in [0.15, 0.2) is 0 Å². The number of Topliss-reactive ketones (excluding diaryl/α,β-unsaturated/α-hetero) is 1. The molecule has 0 aromatic carbocycles. The average Bonchev–Trinajstić information content (AvgIpc) is 2.12. The molecule has 0 spiro atoms. The van der Waals surface area contributed by atoms with Crippen LogP contribution in [0.3, 0.4) is 0 Å². The van der Waals surface area contributed by atoms with Gasteiger partial charge in [0.15, 0.2) is 5.78 Å². The fourth-order valence-electron chi connectivity index (χ4n) is 0.806. The largest absolute Gasteiger partial charge is 0.466 e. The highest BCUT2D eigenvalue weighted by Gasteiger charge is 2.08. The standard InChI is InChI=1S/C10H18O4/c1-4-13-10(12)6-5-9(11)7-14-8(2)3/h8H,4-7H2,1-3H3. The maximum absolute atomic E-state index is 11.1. The fraction of sp³-hybridized carbons (Fsp3) is 0.800. The molecule has 0 aliphatic rings. The molecule has 4 nitrogen and oxygen atoms in total. The van der Waals surface area contributed by atoms with E-state index in [9.17, 15) is 9.59 Å². The van der Waals surface area contributed by atoms with Crippen molar-refractivity contribution in [1.82, 2.24) is 0 Å². The Labute approximate surface area is 84.6 Å². The van der Waals surface area contributed by atoms with Crippen LogP contribution in [0.4, 0.5) is 0 Å². The molecule has 0 aromatic rings. The second-order valence-corrected chi connectivity index (χ2v) is 3.20. The second-order valence-electron chi connectivity index (χ2n) is 3.20. The Hall–Kier alpha value is -0.900. The Morgan fingerprint density at radius 1 is 1.21 bits per heavy atom. The maximum Gasteiger partial charge on any atom is 0.306 e. The normalized spacial score (nSPS) is 10.3. The minimum absolute atomic E-state index is 0.0431. The summed E-state index contributed by atoms with van der Waals surface area (Å²) >= 11 is 0. The first-order valence-corrected chi connectivity index (χ1v) is 4.85. The number of esters is 1. The minimum Gasteiger partial charge on any atom is -0.466 e. The molecular weight excluding hydrogens is 184 g/mol. The summed E-state index contributed by atoms with van der Waals surface area (Å²) < 4.78 is 9.78. The molecular formula is C10H18O4. The first kappa shape index (κ1) is 13.1. The number of hydrogen-bond acceptors (Lipinski definition) is 4. The SMILES string of the molecule is CCOC(=O)CCC(=O)COC(C)C. The van der Waals surface area contributed by atoms with Gasteiger partial charge in [0, 0.05) is 6.42 Å². The van der Waals surface area contributed by atoms with Gasteiger partial charge in [-0.15, -0.1) is 0 Å². The van der Waals surface area contributed by atoms with Crippen molar-refractivity contribution in [2.24, 2.45) is 0 Å². The molecule has 0 rings (SSSR count). The van der Waals surface area contributed by atoms with Crippen molar-refractivity contribution in [2.75, 3.05) is 13.2 Å². The van der Waals surface area contributed by atoms with Crippen LogP contribution in [0.25, 0.3) is 0 Å². The first-order valence-electron chi connectivity index (χ1n) is 4.85. The highest BCUT2D eigenvalue weighted by Crippen LogP contribution is 1.96. The molecule has 0 aliphatic carbocycles. The van der Waals surface area contributed by atoms with E-state index in [1.165, 1.54) is 0 Å². The van der Waals surface area contributed by atoms with Gasteiger partial charge in [-0.3, -0.25) is 9.59 Å². The molecule has 0 heterocycles. The van der Waals surface area contributed by atoms with Crippen LogP contribution in [0.1, 0.15) is 33.6 Å². The second kappa shape index (κ2) is 7.50. The van der Waals surface area contributed by atoms with Crippen molar-refractivity contribution in [2.45, 2.75) is 39.7 Å². The van der Waals surface area contributed by atoms with Crippen LogP contribution in [-0.4, -0.2) is 31.1 Å². The molecule has 82 valence electrons. The molecule has 0 radical (unpaired) electrons. The van der Waals surface area contributed by atoms with Gasteiger partial charge in [0.05, 0.1) is 19.1 Å². The third-order valence-corrected chi connectivity index (χ3v) is 1.49. The Morgan fingerprint density at radius 3 is 2.36 bits per heavy atom. The topological polar surface area (TPSA) is 52.6 Å². The zero-order valence-electron chi connectivity index (χ0n) is 9.04. The fourth-order valence-corrected chi connectivity index (χ4v) is 0.806. The summed E-state index contributed by atoms with van der Waals surface area (Å²) in [5, 5.41) is 0. The molecule has 0 amide bonds. The van der Waals surface area contributed by atoms with E-state index in [2.05, 4.69) is 4.74 Å². The van der Waals surface area contributed by atoms with Gasteiger partial charge >= 0.3 is 5.97 Å². The van der Waals surface area contributed by atoms with E-state index in [-0.39, 0.29) is 37.3 Å². The monoisotopic (exact) mass is 202 g/mol. The van der Waals surface area contributed by atoms with Crippen LogP contribution in [0.5, 0.6) is 0 Å². The summed E-state index contributed by atoms with van der Waals surface area (Å²) in [4.78, 5) is 22.0. The third-order valence-electron chi connectivity index (χ3n) is 1.49. The van der Waals surface area contributed by atoms with E-state index >= 15 is 0 Å². The molecule has 0 saturated heterocycles.